The molecule has 0 aromatic rings. The van der Waals surface area contributed by atoms with Gasteiger partial charge in [-0.2, -0.15) is 4.31 Å². The van der Waals surface area contributed by atoms with Crippen molar-refractivity contribution < 1.29 is 18.0 Å². The van der Waals surface area contributed by atoms with E-state index >= 15 is 0 Å². The van der Waals surface area contributed by atoms with Gasteiger partial charge in [-0.25, -0.2) is 8.42 Å². The second kappa shape index (κ2) is 6.95. The van der Waals surface area contributed by atoms with Crippen LogP contribution in [0.2, 0.25) is 0 Å². The number of rotatable bonds is 4. The second-order valence-electron chi connectivity index (χ2n) is 6.15. The van der Waals surface area contributed by atoms with Crippen LogP contribution in [0, 0.1) is 0 Å². The third-order valence-electron chi connectivity index (χ3n) is 4.33. The van der Waals surface area contributed by atoms with E-state index in [1.54, 1.807) is 11.8 Å². The Morgan fingerprint density at radius 2 is 1.73 bits per heavy atom. The number of carbonyl (C=O) groups excluding carboxylic acids is 2. The summed E-state index contributed by atoms with van der Waals surface area (Å²) in [5.74, 6) is -0.460. The number of carbonyl (C=O) groups is 2. The predicted molar refractivity (Wildman–Crippen MR) is 82.6 cm³/mol. The van der Waals surface area contributed by atoms with Gasteiger partial charge in [0.2, 0.25) is 21.8 Å². The summed E-state index contributed by atoms with van der Waals surface area (Å²) in [4.78, 5) is 26.4. The summed E-state index contributed by atoms with van der Waals surface area (Å²) in [5, 5.41) is 2.68. The largest absolute Gasteiger partial charge is 0.343 e. The molecule has 0 aliphatic carbocycles. The van der Waals surface area contributed by atoms with Gasteiger partial charge in [0.15, 0.2) is 0 Å². The molecule has 2 unspecified atom stereocenters. The number of nitrogens with zero attached hydrogens (tertiary/aromatic N) is 2. The monoisotopic (exact) mass is 331 g/mol. The zero-order chi connectivity index (χ0) is 16.3. The Kier molecular flexibility index (Phi) is 5.44. The molecule has 2 atom stereocenters. The van der Waals surface area contributed by atoms with E-state index < -0.39 is 22.1 Å². The molecule has 8 heteroatoms. The van der Waals surface area contributed by atoms with Crippen LogP contribution in [0.15, 0.2) is 0 Å². The Bertz CT molecular complexity index is 528. The first-order valence-corrected chi connectivity index (χ1v) is 9.71. The van der Waals surface area contributed by atoms with E-state index in [4.69, 9.17) is 0 Å². The smallest absolute Gasteiger partial charge is 0.244 e. The highest BCUT2D eigenvalue weighted by Gasteiger charge is 2.37. The van der Waals surface area contributed by atoms with Crippen molar-refractivity contribution in [3.63, 3.8) is 0 Å². The normalized spacial score (nSPS) is 25.0. The number of nitrogens with one attached hydrogen (secondary N) is 1. The first kappa shape index (κ1) is 17.2. The first-order chi connectivity index (χ1) is 10.3. The standard InChI is InChI=1S/C14H25N3O4S/c1-11(14(19)16-8-4-3-5-9-16)15-13(18)12-7-6-10-17(12)22(2,20)21/h11-12H,3-10H2,1-2H3,(H,15,18). The van der Waals surface area contributed by atoms with Gasteiger partial charge in [0.05, 0.1) is 6.26 Å². The third-order valence-corrected chi connectivity index (χ3v) is 5.62. The molecular weight excluding hydrogens is 306 g/mol. The van der Waals surface area contributed by atoms with E-state index in [1.165, 1.54) is 4.31 Å². The first-order valence-electron chi connectivity index (χ1n) is 7.86. The lowest BCUT2D eigenvalue weighted by molar-refractivity contribution is -0.137. The number of piperidine rings is 1. The number of likely N-dealkylation sites (tertiary alicyclic amines) is 1. The highest BCUT2D eigenvalue weighted by molar-refractivity contribution is 7.88. The van der Waals surface area contributed by atoms with Gasteiger partial charge in [-0.3, -0.25) is 9.59 Å². The van der Waals surface area contributed by atoms with Crippen molar-refractivity contribution in [1.82, 2.24) is 14.5 Å². The van der Waals surface area contributed by atoms with Crippen LogP contribution in [-0.4, -0.2) is 67.4 Å². The molecule has 0 spiro atoms. The fourth-order valence-corrected chi connectivity index (χ4v) is 4.28. The molecule has 2 amide bonds. The fraction of sp³-hybridized carbons (Fsp3) is 0.857. The van der Waals surface area contributed by atoms with Crippen LogP contribution in [0.5, 0.6) is 0 Å². The van der Waals surface area contributed by atoms with Gasteiger partial charge >= 0.3 is 0 Å². The van der Waals surface area contributed by atoms with Gasteiger partial charge in [-0.1, -0.05) is 0 Å². The molecule has 2 rings (SSSR count). The van der Waals surface area contributed by atoms with E-state index in [1.807, 2.05) is 0 Å². The average Bonchev–Trinajstić information content (AvgIpc) is 2.97. The van der Waals surface area contributed by atoms with E-state index in [-0.39, 0.29) is 11.8 Å². The van der Waals surface area contributed by atoms with Gasteiger partial charge in [-0.05, 0) is 39.0 Å². The number of sulfonamides is 1. The van der Waals surface area contributed by atoms with Gasteiger partial charge < -0.3 is 10.2 Å². The van der Waals surface area contributed by atoms with Gasteiger partial charge in [0, 0.05) is 19.6 Å². The summed E-state index contributed by atoms with van der Waals surface area (Å²) in [6.45, 7) is 3.50. The summed E-state index contributed by atoms with van der Waals surface area (Å²) in [6, 6.07) is -1.31. The van der Waals surface area contributed by atoms with Crippen LogP contribution in [0.3, 0.4) is 0 Å². The molecule has 22 heavy (non-hydrogen) atoms. The van der Waals surface area contributed by atoms with E-state index in [9.17, 15) is 18.0 Å². The Labute approximate surface area is 132 Å². The predicted octanol–water partition coefficient (Wildman–Crippen LogP) is -0.0724. The molecule has 0 radical (unpaired) electrons. The van der Waals surface area contributed by atoms with Crippen LogP contribution >= 0.6 is 0 Å². The van der Waals surface area contributed by atoms with Crippen LogP contribution in [0.1, 0.15) is 39.0 Å². The molecule has 0 bridgehead atoms. The van der Waals surface area contributed by atoms with Crippen molar-refractivity contribution in [1.29, 1.82) is 0 Å². The molecule has 2 aliphatic rings. The molecule has 126 valence electrons. The van der Waals surface area contributed by atoms with E-state index in [2.05, 4.69) is 5.32 Å². The molecule has 0 aromatic heterocycles. The summed E-state index contributed by atoms with van der Waals surface area (Å²) < 4.78 is 24.6. The maximum absolute atomic E-state index is 12.3. The van der Waals surface area contributed by atoms with E-state index in [0.29, 0.717) is 19.4 Å². The third kappa shape index (κ3) is 3.98. The van der Waals surface area contributed by atoms with E-state index in [0.717, 1.165) is 38.6 Å². The molecule has 2 heterocycles. The van der Waals surface area contributed by atoms with Crippen molar-refractivity contribution in [3.8, 4) is 0 Å². The Balaban J connectivity index is 1.94. The SMILES string of the molecule is CC(NC(=O)C1CCCN1S(C)(=O)=O)C(=O)N1CCCCC1. The fourth-order valence-electron chi connectivity index (χ4n) is 3.16. The molecule has 0 saturated carbocycles. The zero-order valence-electron chi connectivity index (χ0n) is 13.2. The minimum Gasteiger partial charge on any atom is -0.343 e. The Morgan fingerprint density at radius 3 is 2.32 bits per heavy atom. The quantitative estimate of drug-likeness (QED) is 0.781. The number of hydrogen-bond acceptors (Lipinski definition) is 4. The van der Waals surface area contributed by atoms with Crippen molar-refractivity contribution >= 4 is 21.8 Å². The lowest BCUT2D eigenvalue weighted by atomic mass is 10.1. The van der Waals surface area contributed by atoms with Crippen molar-refractivity contribution in [2.24, 2.45) is 0 Å². The maximum Gasteiger partial charge on any atom is 0.244 e. The number of amides is 2. The van der Waals surface area contributed by atoms with Crippen LogP contribution in [-0.2, 0) is 19.6 Å². The maximum atomic E-state index is 12.3. The Morgan fingerprint density at radius 1 is 1.09 bits per heavy atom. The summed E-state index contributed by atoms with van der Waals surface area (Å²) in [6.07, 6.45) is 5.41. The van der Waals surface area contributed by atoms with Gasteiger partial charge in [0.25, 0.3) is 0 Å². The number of hydrogen-bond donors (Lipinski definition) is 1. The zero-order valence-corrected chi connectivity index (χ0v) is 14.1. The lowest BCUT2D eigenvalue weighted by Crippen LogP contribution is -2.53. The average molecular weight is 331 g/mol. The molecule has 1 N–H and O–H groups in total. The molecule has 2 aliphatic heterocycles. The van der Waals surface area contributed by atoms with Crippen molar-refractivity contribution in [2.45, 2.75) is 51.1 Å². The van der Waals surface area contributed by atoms with Gasteiger partial charge in [0.1, 0.15) is 12.1 Å². The molecule has 2 fully saturated rings. The van der Waals surface area contributed by atoms with Crippen molar-refractivity contribution in [3.05, 3.63) is 0 Å². The molecule has 0 aromatic carbocycles. The topological polar surface area (TPSA) is 86.8 Å². The Hall–Kier alpha value is -1.15. The molecule has 2 saturated heterocycles. The highest BCUT2D eigenvalue weighted by atomic mass is 32.2. The molecular formula is C14H25N3O4S. The van der Waals surface area contributed by atoms with Crippen LogP contribution in [0.4, 0.5) is 0 Å². The summed E-state index contributed by atoms with van der Waals surface area (Å²) >= 11 is 0. The van der Waals surface area contributed by atoms with Crippen molar-refractivity contribution in [2.75, 3.05) is 25.9 Å². The second-order valence-corrected chi connectivity index (χ2v) is 8.08. The van der Waals surface area contributed by atoms with Gasteiger partial charge in [-0.15, -0.1) is 0 Å². The highest BCUT2D eigenvalue weighted by Crippen LogP contribution is 2.20. The lowest BCUT2D eigenvalue weighted by Gasteiger charge is -2.30. The molecule has 7 nitrogen and oxygen atoms in total. The summed E-state index contributed by atoms with van der Waals surface area (Å²) in [7, 11) is -3.40. The minimum absolute atomic E-state index is 0.0862. The summed E-state index contributed by atoms with van der Waals surface area (Å²) in [5.41, 5.74) is 0. The van der Waals surface area contributed by atoms with Crippen LogP contribution < -0.4 is 5.32 Å². The minimum atomic E-state index is -3.40. The van der Waals surface area contributed by atoms with Crippen LogP contribution in [0.25, 0.3) is 0 Å².